The second kappa shape index (κ2) is 13.5. The third-order valence-corrected chi connectivity index (χ3v) is 8.79. The molecule has 4 aromatic rings. The van der Waals surface area contributed by atoms with Crippen LogP contribution in [0.5, 0.6) is 11.5 Å². The average Bonchev–Trinajstić information content (AvgIpc) is 3.38. The fourth-order valence-electron chi connectivity index (χ4n) is 5.82. The van der Waals surface area contributed by atoms with Gasteiger partial charge in [-0.05, 0) is 54.7 Å². The molecule has 2 heterocycles. The van der Waals surface area contributed by atoms with Crippen LogP contribution >= 0.6 is 11.3 Å². The normalized spacial score (nSPS) is 16.0. The van der Waals surface area contributed by atoms with E-state index in [2.05, 4.69) is 25.8 Å². The van der Waals surface area contributed by atoms with E-state index in [1.54, 1.807) is 29.5 Å². The summed E-state index contributed by atoms with van der Waals surface area (Å²) in [5.74, 6) is 2.01. The Bertz CT molecular complexity index is 1530. The number of hydrogen-bond acceptors (Lipinski definition) is 5. The molecule has 1 aliphatic rings. The number of aromatic nitrogens is 1. The van der Waals surface area contributed by atoms with E-state index in [1.165, 1.54) is 18.9 Å². The molecule has 0 aliphatic carbocycles. The van der Waals surface area contributed by atoms with E-state index in [0.29, 0.717) is 52.3 Å². The Labute approximate surface area is 246 Å². The predicted octanol–water partition coefficient (Wildman–Crippen LogP) is 10.6. The van der Waals surface area contributed by atoms with Crippen LogP contribution in [0.2, 0.25) is 0 Å². The summed E-state index contributed by atoms with van der Waals surface area (Å²) in [7, 11) is 0. The van der Waals surface area contributed by atoms with Gasteiger partial charge in [0.25, 0.3) is 0 Å². The lowest BCUT2D eigenvalue weighted by Crippen LogP contribution is -2.22. The van der Waals surface area contributed by atoms with Gasteiger partial charge in [-0.2, -0.15) is 0 Å². The lowest BCUT2D eigenvalue weighted by atomic mass is 9.80. The minimum atomic E-state index is -0.296. The third-order valence-electron chi connectivity index (χ3n) is 7.99. The number of thiazole rings is 1. The monoisotopic (exact) mass is 570 g/mol. The van der Waals surface area contributed by atoms with Gasteiger partial charge >= 0.3 is 0 Å². The highest BCUT2D eigenvalue weighted by atomic mass is 32.1. The molecule has 0 N–H and O–H groups in total. The fraction of sp³-hybridized carbons (Fsp3) is 0.400. The van der Waals surface area contributed by atoms with Crippen molar-refractivity contribution < 1.29 is 13.9 Å². The van der Waals surface area contributed by atoms with Crippen LogP contribution in [0.4, 0.5) is 10.1 Å². The van der Waals surface area contributed by atoms with Crippen molar-refractivity contribution in [1.82, 2.24) is 4.98 Å². The average molecular weight is 571 g/mol. The molecular weight excluding hydrogens is 531 g/mol. The summed E-state index contributed by atoms with van der Waals surface area (Å²) in [4.78, 5) is 23.1. The van der Waals surface area contributed by atoms with Gasteiger partial charge < -0.3 is 4.74 Å². The predicted molar refractivity (Wildman–Crippen MR) is 167 cm³/mol. The number of unbranched alkanes of at least 4 members (excludes halogenated alkanes) is 1. The van der Waals surface area contributed by atoms with Crippen molar-refractivity contribution in [2.75, 3.05) is 0 Å². The molecule has 2 atom stereocenters. The molecule has 0 saturated carbocycles. The van der Waals surface area contributed by atoms with E-state index in [1.807, 2.05) is 41.9 Å². The van der Waals surface area contributed by atoms with Gasteiger partial charge in [0.15, 0.2) is 5.78 Å². The first kappa shape index (κ1) is 29.1. The smallest absolute Gasteiger partial charge is 0.165 e. The molecule has 41 heavy (non-hydrogen) atoms. The SMILES string of the molecule is CCCC[C@@H](CCCC(C)C)CC1CC(=O)c2cc(Oc3ccc4ncsc4c3)ccc2N=C1c1ccccc1F. The Morgan fingerprint density at radius 2 is 1.76 bits per heavy atom. The number of hydrogen-bond donors (Lipinski definition) is 0. The van der Waals surface area contributed by atoms with Crippen LogP contribution in [-0.2, 0) is 0 Å². The zero-order valence-corrected chi connectivity index (χ0v) is 25.1. The summed E-state index contributed by atoms with van der Waals surface area (Å²) in [5.41, 5.74) is 5.03. The van der Waals surface area contributed by atoms with Crippen LogP contribution in [0.15, 0.2) is 71.2 Å². The number of halogens is 1. The quantitative estimate of drug-likeness (QED) is 0.170. The molecule has 1 aromatic heterocycles. The number of ketones is 1. The highest BCUT2D eigenvalue weighted by molar-refractivity contribution is 7.16. The number of benzene rings is 3. The van der Waals surface area contributed by atoms with Gasteiger partial charge in [0, 0.05) is 29.5 Å². The summed E-state index contributed by atoms with van der Waals surface area (Å²) in [5, 5.41) is 0. The van der Waals surface area contributed by atoms with Crippen molar-refractivity contribution in [2.24, 2.45) is 22.7 Å². The number of nitrogens with zero attached hydrogens (tertiary/aromatic N) is 2. The van der Waals surface area contributed by atoms with Gasteiger partial charge in [0.2, 0.25) is 0 Å². The van der Waals surface area contributed by atoms with Crippen molar-refractivity contribution in [3.05, 3.63) is 83.1 Å². The summed E-state index contributed by atoms with van der Waals surface area (Å²) in [6.07, 6.45) is 8.07. The Morgan fingerprint density at radius 3 is 2.56 bits per heavy atom. The molecule has 0 radical (unpaired) electrons. The number of fused-ring (bicyclic) bond motifs is 2. The van der Waals surface area contributed by atoms with Crippen LogP contribution in [0, 0.1) is 23.6 Å². The Morgan fingerprint density at radius 1 is 0.976 bits per heavy atom. The molecule has 0 saturated heterocycles. The number of ether oxygens (including phenoxy) is 1. The van der Waals surface area contributed by atoms with Crippen molar-refractivity contribution in [3.8, 4) is 11.5 Å². The molecule has 0 bridgehead atoms. The van der Waals surface area contributed by atoms with Gasteiger partial charge in [-0.15, -0.1) is 11.3 Å². The number of aliphatic imine (C=N–C) groups is 1. The van der Waals surface area contributed by atoms with Gasteiger partial charge in [-0.3, -0.25) is 9.79 Å². The summed E-state index contributed by atoms with van der Waals surface area (Å²) >= 11 is 1.56. The summed E-state index contributed by atoms with van der Waals surface area (Å²) < 4.78 is 22.4. The van der Waals surface area contributed by atoms with Crippen LogP contribution in [0.25, 0.3) is 10.2 Å². The topological polar surface area (TPSA) is 51.5 Å². The molecular formula is C35H39FN2O2S. The molecule has 1 unspecified atom stereocenters. The zero-order chi connectivity index (χ0) is 28.8. The molecule has 3 aromatic carbocycles. The Balaban J connectivity index is 1.45. The highest BCUT2D eigenvalue weighted by Crippen LogP contribution is 2.38. The van der Waals surface area contributed by atoms with Gasteiger partial charge in [0.05, 0.1) is 27.1 Å². The van der Waals surface area contributed by atoms with Crippen LogP contribution in [0.1, 0.15) is 88.1 Å². The van der Waals surface area contributed by atoms with E-state index in [9.17, 15) is 4.79 Å². The molecule has 1 aliphatic heterocycles. The maximum Gasteiger partial charge on any atom is 0.165 e. The molecule has 0 spiro atoms. The van der Waals surface area contributed by atoms with Crippen molar-refractivity contribution >= 4 is 38.7 Å². The minimum Gasteiger partial charge on any atom is -0.457 e. The first-order valence-corrected chi connectivity index (χ1v) is 15.8. The van der Waals surface area contributed by atoms with Gasteiger partial charge in [-0.1, -0.05) is 77.5 Å². The first-order chi connectivity index (χ1) is 19.9. The second-order valence-corrected chi connectivity index (χ2v) is 12.5. The lowest BCUT2D eigenvalue weighted by Gasteiger charge is -2.24. The van der Waals surface area contributed by atoms with Crippen LogP contribution in [0.3, 0.4) is 0 Å². The first-order valence-electron chi connectivity index (χ1n) is 14.9. The van der Waals surface area contributed by atoms with E-state index in [-0.39, 0.29) is 17.5 Å². The summed E-state index contributed by atoms with van der Waals surface area (Å²) in [6, 6.07) is 18.1. The van der Waals surface area contributed by atoms with Crippen molar-refractivity contribution in [3.63, 3.8) is 0 Å². The maximum absolute atomic E-state index is 15.2. The van der Waals surface area contributed by atoms with Gasteiger partial charge in [-0.25, -0.2) is 9.37 Å². The molecule has 0 amide bonds. The number of carbonyl (C=O) groups is 1. The maximum atomic E-state index is 15.2. The highest BCUT2D eigenvalue weighted by Gasteiger charge is 2.30. The van der Waals surface area contributed by atoms with Crippen LogP contribution in [-0.4, -0.2) is 16.5 Å². The third kappa shape index (κ3) is 7.28. The lowest BCUT2D eigenvalue weighted by molar-refractivity contribution is 0.0968. The van der Waals surface area contributed by atoms with E-state index >= 15 is 4.39 Å². The summed E-state index contributed by atoms with van der Waals surface area (Å²) in [6.45, 7) is 6.75. The Kier molecular flexibility index (Phi) is 9.60. The molecule has 5 rings (SSSR count). The second-order valence-electron chi connectivity index (χ2n) is 11.6. The number of carbonyl (C=O) groups excluding carboxylic acids is 1. The van der Waals surface area contributed by atoms with Crippen LogP contribution < -0.4 is 4.74 Å². The molecule has 0 fully saturated rings. The molecule has 4 nitrogen and oxygen atoms in total. The zero-order valence-electron chi connectivity index (χ0n) is 24.2. The molecule has 6 heteroatoms. The van der Waals surface area contributed by atoms with E-state index < -0.39 is 0 Å². The van der Waals surface area contributed by atoms with Crippen molar-refractivity contribution in [2.45, 2.75) is 72.1 Å². The minimum absolute atomic E-state index is 0.0277. The fourth-order valence-corrected chi connectivity index (χ4v) is 6.53. The van der Waals surface area contributed by atoms with E-state index in [4.69, 9.17) is 9.73 Å². The Hall–Kier alpha value is -3.38. The van der Waals surface area contributed by atoms with Crippen molar-refractivity contribution in [1.29, 1.82) is 0 Å². The largest absolute Gasteiger partial charge is 0.457 e. The molecule has 214 valence electrons. The van der Waals surface area contributed by atoms with E-state index in [0.717, 1.165) is 42.3 Å². The standard InChI is InChI=1S/C35H39FN2O2S/c1-4-5-10-24(11-8-9-23(2)3)18-25-19-33(39)29-20-26(40-27-15-17-32-34(21-27)41-22-37-32)14-16-31(29)38-35(25)28-12-6-7-13-30(28)36/h6-7,12-17,20-25H,4-5,8-11,18-19H2,1-3H3/t24-,25?/m0/s1. The number of Topliss-reactive ketones (excluding diaryl/α,β-unsaturated/α-hetero) is 1. The van der Waals surface area contributed by atoms with Gasteiger partial charge in [0.1, 0.15) is 17.3 Å². The number of rotatable bonds is 12.